The minimum Gasteiger partial charge on any atom is -0.339 e. The Labute approximate surface area is 153 Å². The summed E-state index contributed by atoms with van der Waals surface area (Å²) in [4.78, 5) is 0.222. The Morgan fingerprint density at radius 2 is 1.54 bits per heavy atom. The molecule has 6 nitrogen and oxygen atoms in total. The van der Waals surface area contributed by atoms with E-state index < -0.39 is 10.0 Å². The fourth-order valence-corrected chi connectivity index (χ4v) is 3.72. The van der Waals surface area contributed by atoms with Crippen molar-refractivity contribution >= 4 is 27.3 Å². The number of hydrogen-bond acceptors (Lipinski definition) is 5. The van der Waals surface area contributed by atoms with Crippen molar-refractivity contribution in [1.82, 2.24) is 10.2 Å². The summed E-state index contributed by atoms with van der Waals surface area (Å²) >= 11 is 0. The smallest absolute Gasteiger partial charge is 0.263 e. The van der Waals surface area contributed by atoms with E-state index in [4.69, 9.17) is 0 Å². The highest BCUT2D eigenvalue weighted by atomic mass is 32.2. The number of hydrogen-bond donors (Lipinski definition) is 2. The number of nitrogens with zero attached hydrogens (tertiary/aromatic N) is 2. The molecule has 2 N–H and O–H groups in total. The van der Waals surface area contributed by atoms with E-state index in [2.05, 4.69) is 27.2 Å². The topological polar surface area (TPSA) is 84.0 Å². The van der Waals surface area contributed by atoms with Gasteiger partial charge in [0.1, 0.15) is 0 Å². The largest absolute Gasteiger partial charge is 0.339 e. The zero-order chi connectivity index (χ0) is 18.6. The fourth-order valence-electron chi connectivity index (χ4n) is 2.48. The van der Waals surface area contributed by atoms with Gasteiger partial charge in [-0.05, 0) is 54.8 Å². The van der Waals surface area contributed by atoms with E-state index in [1.165, 1.54) is 5.56 Å². The SMILES string of the molecule is CCc1ccc(Nc2ccc(NS(=O)(=O)c3ccccc3C)nn2)cc1. The number of anilines is 3. The predicted molar refractivity (Wildman–Crippen MR) is 103 cm³/mol. The van der Waals surface area contributed by atoms with Crippen LogP contribution >= 0.6 is 0 Å². The van der Waals surface area contributed by atoms with Crippen molar-refractivity contribution in [3.63, 3.8) is 0 Å². The van der Waals surface area contributed by atoms with Crippen LogP contribution in [0.4, 0.5) is 17.3 Å². The number of rotatable bonds is 6. The van der Waals surface area contributed by atoms with Crippen LogP contribution < -0.4 is 10.0 Å². The molecule has 0 bridgehead atoms. The molecule has 1 heterocycles. The average molecular weight is 368 g/mol. The monoisotopic (exact) mass is 368 g/mol. The molecule has 0 saturated carbocycles. The van der Waals surface area contributed by atoms with Crippen LogP contribution in [-0.2, 0) is 16.4 Å². The number of sulfonamides is 1. The third-order valence-electron chi connectivity index (χ3n) is 3.92. The maximum absolute atomic E-state index is 12.5. The third-order valence-corrected chi connectivity index (χ3v) is 5.44. The van der Waals surface area contributed by atoms with Gasteiger partial charge in [-0.1, -0.05) is 37.3 Å². The van der Waals surface area contributed by atoms with Crippen molar-refractivity contribution in [2.45, 2.75) is 25.2 Å². The van der Waals surface area contributed by atoms with E-state index in [1.54, 1.807) is 43.3 Å². The van der Waals surface area contributed by atoms with Crippen LogP contribution in [0.3, 0.4) is 0 Å². The van der Waals surface area contributed by atoms with Crippen molar-refractivity contribution < 1.29 is 8.42 Å². The normalized spacial score (nSPS) is 11.2. The Bertz CT molecular complexity index is 985. The molecule has 0 aliphatic heterocycles. The first-order valence-corrected chi connectivity index (χ1v) is 9.74. The van der Waals surface area contributed by atoms with E-state index >= 15 is 0 Å². The Kier molecular flexibility index (Phi) is 5.18. The standard InChI is InChI=1S/C19H20N4O2S/c1-3-15-8-10-16(11-9-15)20-18-12-13-19(22-21-18)23-26(24,25)17-7-5-4-6-14(17)2/h4-13H,3H2,1-2H3,(H,20,21)(H,22,23). The minimum atomic E-state index is -3.70. The lowest BCUT2D eigenvalue weighted by atomic mass is 10.1. The summed E-state index contributed by atoms with van der Waals surface area (Å²) in [5.41, 5.74) is 2.81. The third kappa shape index (κ3) is 4.18. The highest BCUT2D eigenvalue weighted by molar-refractivity contribution is 7.92. The van der Waals surface area contributed by atoms with Crippen LogP contribution in [0.5, 0.6) is 0 Å². The van der Waals surface area contributed by atoms with Crippen LogP contribution in [0.1, 0.15) is 18.1 Å². The van der Waals surface area contributed by atoms with Crippen molar-refractivity contribution in [1.29, 1.82) is 0 Å². The van der Waals surface area contributed by atoms with E-state index in [9.17, 15) is 8.42 Å². The maximum Gasteiger partial charge on any atom is 0.263 e. The van der Waals surface area contributed by atoms with E-state index in [0.717, 1.165) is 12.1 Å². The summed E-state index contributed by atoms with van der Waals surface area (Å²) in [5, 5.41) is 11.1. The molecule has 3 rings (SSSR count). The molecule has 7 heteroatoms. The lowest BCUT2D eigenvalue weighted by Crippen LogP contribution is -2.15. The van der Waals surface area contributed by atoms with Crippen LogP contribution in [0.15, 0.2) is 65.6 Å². The lowest BCUT2D eigenvalue weighted by molar-refractivity contribution is 0.600. The van der Waals surface area contributed by atoms with Crippen LogP contribution in [0.25, 0.3) is 0 Å². The molecule has 0 amide bonds. The summed E-state index contributed by atoms with van der Waals surface area (Å²) in [6, 6.07) is 18.1. The second-order valence-electron chi connectivity index (χ2n) is 5.85. The molecular weight excluding hydrogens is 348 g/mol. The average Bonchev–Trinajstić information content (AvgIpc) is 2.64. The summed E-state index contributed by atoms with van der Waals surface area (Å²) in [7, 11) is -3.70. The van der Waals surface area contributed by atoms with Gasteiger partial charge in [0.15, 0.2) is 11.6 Å². The first-order chi connectivity index (χ1) is 12.5. The predicted octanol–water partition coefficient (Wildman–Crippen LogP) is 3.89. The molecule has 0 aliphatic rings. The number of nitrogens with one attached hydrogen (secondary N) is 2. The number of aromatic nitrogens is 2. The van der Waals surface area contributed by atoms with Crippen molar-refractivity contribution in [2.24, 2.45) is 0 Å². The van der Waals surface area contributed by atoms with Gasteiger partial charge in [-0.25, -0.2) is 8.42 Å². The van der Waals surface area contributed by atoms with Gasteiger partial charge in [-0.2, -0.15) is 0 Å². The summed E-state index contributed by atoms with van der Waals surface area (Å²) in [6.45, 7) is 3.85. The number of aryl methyl sites for hydroxylation is 2. The van der Waals surface area contributed by atoms with Gasteiger partial charge >= 0.3 is 0 Å². The highest BCUT2D eigenvalue weighted by Gasteiger charge is 2.17. The van der Waals surface area contributed by atoms with Crippen LogP contribution in [0, 0.1) is 6.92 Å². The zero-order valence-corrected chi connectivity index (χ0v) is 15.4. The Morgan fingerprint density at radius 1 is 0.885 bits per heavy atom. The second kappa shape index (κ2) is 7.53. The van der Waals surface area contributed by atoms with Gasteiger partial charge in [0.2, 0.25) is 0 Å². The van der Waals surface area contributed by atoms with Gasteiger partial charge in [-0.15, -0.1) is 10.2 Å². The van der Waals surface area contributed by atoms with E-state index in [-0.39, 0.29) is 10.7 Å². The molecular formula is C19H20N4O2S. The Morgan fingerprint density at radius 3 is 2.15 bits per heavy atom. The molecule has 0 aliphatic carbocycles. The zero-order valence-electron chi connectivity index (χ0n) is 14.6. The minimum absolute atomic E-state index is 0.167. The van der Waals surface area contributed by atoms with Crippen molar-refractivity contribution in [3.05, 3.63) is 71.8 Å². The fraction of sp³-hybridized carbons (Fsp3) is 0.158. The van der Waals surface area contributed by atoms with Crippen molar-refractivity contribution in [2.75, 3.05) is 10.0 Å². The maximum atomic E-state index is 12.5. The molecule has 0 atom stereocenters. The molecule has 0 radical (unpaired) electrons. The van der Waals surface area contributed by atoms with E-state index in [0.29, 0.717) is 11.4 Å². The number of benzene rings is 2. The first kappa shape index (κ1) is 17.9. The highest BCUT2D eigenvalue weighted by Crippen LogP contribution is 2.19. The Hall–Kier alpha value is -2.93. The molecule has 0 unspecified atom stereocenters. The molecule has 0 saturated heterocycles. The summed E-state index contributed by atoms with van der Waals surface area (Å²) in [5.74, 6) is 0.702. The lowest BCUT2D eigenvalue weighted by Gasteiger charge is -2.10. The van der Waals surface area contributed by atoms with Gasteiger partial charge in [0.25, 0.3) is 10.0 Å². The van der Waals surface area contributed by atoms with E-state index in [1.807, 2.05) is 24.3 Å². The summed E-state index contributed by atoms with van der Waals surface area (Å²) < 4.78 is 27.4. The quantitative estimate of drug-likeness (QED) is 0.689. The molecule has 0 spiro atoms. The molecule has 0 fully saturated rings. The van der Waals surface area contributed by atoms with Crippen LogP contribution in [-0.4, -0.2) is 18.6 Å². The van der Waals surface area contributed by atoms with Gasteiger partial charge in [0, 0.05) is 5.69 Å². The van der Waals surface area contributed by atoms with Crippen LogP contribution in [0.2, 0.25) is 0 Å². The molecule has 1 aromatic heterocycles. The first-order valence-electron chi connectivity index (χ1n) is 8.26. The molecule has 3 aromatic rings. The molecule has 26 heavy (non-hydrogen) atoms. The van der Waals surface area contributed by atoms with Crippen molar-refractivity contribution in [3.8, 4) is 0 Å². The Balaban J connectivity index is 1.72. The second-order valence-corrected chi connectivity index (χ2v) is 7.50. The van der Waals surface area contributed by atoms with Gasteiger partial charge in [-0.3, -0.25) is 4.72 Å². The summed E-state index contributed by atoms with van der Waals surface area (Å²) in [6.07, 6.45) is 0.982. The molecule has 134 valence electrons. The van der Waals surface area contributed by atoms with Gasteiger partial charge in [0.05, 0.1) is 4.90 Å². The molecule has 2 aromatic carbocycles. The van der Waals surface area contributed by atoms with Gasteiger partial charge < -0.3 is 5.32 Å².